The number of thiophene rings is 1. The Kier molecular flexibility index (Phi) is 9.66. The Morgan fingerprint density at radius 2 is 1.47 bits per heavy atom. The molecule has 0 fully saturated rings. The number of carbonyl (C=O) groups is 2. The van der Waals surface area contributed by atoms with Gasteiger partial charge in [0.2, 0.25) is 0 Å². The summed E-state index contributed by atoms with van der Waals surface area (Å²) in [6.07, 6.45) is 0. The molecule has 10 nitrogen and oxygen atoms in total. The molecule has 3 rings (SSSR count). The van der Waals surface area contributed by atoms with E-state index in [1.54, 1.807) is 57.2 Å². The van der Waals surface area contributed by atoms with Crippen molar-refractivity contribution in [3.8, 4) is 5.75 Å². The molecule has 0 aliphatic heterocycles. The fraction of sp³-hybridized carbons (Fsp3) is 0.240. The van der Waals surface area contributed by atoms with Gasteiger partial charge in [-0.1, -0.05) is 0 Å². The summed E-state index contributed by atoms with van der Waals surface area (Å²) in [4.78, 5) is 25.2. The van der Waals surface area contributed by atoms with E-state index in [0.29, 0.717) is 27.7 Å². The van der Waals surface area contributed by atoms with Crippen molar-refractivity contribution in [3.05, 3.63) is 64.5 Å². The van der Waals surface area contributed by atoms with Crippen LogP contribution in [0.1, 0.15) is 39.4 Å². The molecule has 0 atom stereocenters. The average Bonchev–Trinajstić information content (AvgIpc) is 3.20. The zero-order valence-electron chi connectivity index (χ0n) is 21.1. The number of methoxy groups -OCH3 is 1. The standard InChI is InChI=1S/C25H27N3O7S3/c1-5-34-23(29)20-15(3)21(24(30)35-6-2)37-22(20)27-25(36)26-16-9-13-19(14-10-16)38(31,32)28-17-7-11-18(33-4)12-8-17/h7-14,28H,5-6H2,1-4H3,(H2,26,27,36). The third-order valence-electron chi connectivity index (χ3n) is 5.08. The quantitative estimate of drug-likeness (QED) is 0.223. The molecule has 0 amide bonds. The largest absolute Gasteiger partial charge is 0.497 e. The van der Waals surface area contributed by atoms with Crippen molar-refractivity contribution >= 4 is 67.0 Å². The van der Waals surface area contributed by atoms with Gasteiger partial charge in [0.25, 0.3) is 10.0 Å². The van der Waals surface area contributed by atoms with Gasteiger partial charge in [-0.3, -0.25) is 4.72 Å². The zero-order chi connectivity index (χ0) is 27.9. The molecule has 13 heteroatoms. The number of rotatable bonds is 10. The van der Waals surface area contributed by atoms with E-state index >= 15 is 0 Å². The van der Waals surface area contributed by atoms with E-state index in [1.807, 2.05) is 0 Å². The summed E-state index contributed by atoms with van der Waals surface area (Å²) in [5.74, 6) is -0.536. The lowest BCUT2D eigenvalue weighted by Crippen LogP contribution is -2.20. The topological polar surface area (TPSA) is 132 Å². The van der Waals surface area contributed by atoms with Gasteiger partial charge in [-0.15, -0.1) is 11.3 Å². The maximum Gasteiger partial charge on any atom is 0.348 e. The van der Waals surface area contributed by atoms with Crippen molar-refractivity contribution in [2.75, 3.05) is 35.7 Å². The Balaban J connectivity index is 1.74. The summed E-state index contributed by atoms with van der Waals surface area (Å²) in [5, 5.41) is 6.32. The number of hydrogen-bond acceptors (Lipinski definition) is 9. The number of anilines is 3. The van der Waals surface area contributed by atoms with E-state index in [-0.39, 0.29) is 33.7 Å². The monoisotopic (exact) mass is 577 g/mol. The van der Waals surface area contributed by atoms with Crippen molar-refractivity contribution < 1.29 is 32.2 Å². The maximum absolute atomic E-state index is 12.7. The van der Waals surface area contributed by atoms with E-state index in [0.717, 1.165) is 11.3 Å². The number of benzene rings is 2. The highest BCUT2D eigenvalue weighted by Gasteiger charge is 2.27. The second-order valence-corrected chi connectivity index (χ2v) is 10.8. The highest BCUT2D eigenvalue weighted by molar-refractivity contribution is 7.92. The molecule has 0 bridgehead atoms. The van der Waals surface area contributed by atoms with Gasteiger partial charge in [0, 0.05) is 11.4 Å². The van der Waals surface area contributed by atoms with Gasteiger partial charge in [0.05, 0.1) is 30.8 Å². The number of thiocarbonyl (C=S) groups is 1. The van der Waals surface area contributed by atoms with E-state index in [2.05, 4.69) is 15.4 Å². The summed E-state index contributed by atoms with van der Waals surface area (Å²) < 4.78 is 43.3. The van der Waals surface area contributed by atoms with E-state index < -0.39 is 22.0 Å². The number of hydrogen-bond donors (Lipinski definition) is 3. The van der Waals surface area contributed by atoms with Crippen molar-refractivity contribution in [1.29, 1.82) is 0 Å². The van der Waals surface area contributed by atoms with E-state index in [9.17, 15) is 18.0 Å². The third-order valence-corrected chi connectivity index (χ3v) is 7.87. The van der Waals surface area contributed by atoms with Crippen LogP contribution in [0.4, 0.5) is 16.4 Å². The number of nitrogens with one attached hydrogen (secondary N) is 3. The molecular formula is C25H27N3O7S3. The number of carbonyl (C=O) groups excluding carboxylic acids is 2. The van der Waals surface area contributed by atoms with Gasteiger partial charge in [-0.2, -0.15) is 0 Å². The van der Waals surface area contributed by atoms with Crippen LogP contribution in [0, 0.1) is 6.92 Å². The summed E-state index contributed by atoms with van der Waals surface area (Å²) >= 11 is 6.41. The molecule has 0 saturated carbocycles. The SMILES string of the molecule is CCOC(=O)c1sc(NC(=S)Nc2ccc(S(=O)(=O)Nc3ccc(OC)cc3)cc2)c(C(=O)OCC)c1C. The van der Waals surface area contributed by atoms with Gasteiger partial charge in [-0.25, -0.2) is 18.0 Å². The number of sulfonamides is 1. The molecule has 0 aliphatic carbocycles. The molecule has 1 aromatic heterocycles. The van der Waals surface area contributed by atoms with Crippen LogP contribution >= 0.6 is 23.6 Å². The lowest BCUT2D eigenvalue weighted by molar-refractivity contribution is 0.0527. The van der Waals surface area contributed by atoms with Crippen molar-refractivity contribution in [1.82, 2.24) is 0 Å². The minimum absolute atomic E-state index is 0.0512. The summed E-state index contributed by atoms with van der Waals surface area (Å²) in [6, 6.07) is 12.4. The zero-order valence-corrected chi connectivity index (χ0v) is 23.6. The summed E-state index contributed by atoms with van der Waals surface area (Å²) in [5.41, 5.74) is 1.51. The maximum atomic E-state index is 12.7. The minimum Gasteiger partial charge on any atom is -0.497 e. The Labute approximate surface area is 230 Å². The first-order chi connectivity index (χ1) is 18.1. The molecule has 3 aromatic rings. The smallest absolute Gasteiger partial charge is 0.348 e. The third kappa shape index (κ3) is 7.00. The second kappa shape index (κ2) is 12.7. The molecule has 2 aromatic carbocycles. The predicted molar refractivity (Wildman–Crippen MR) is 151 cm³/mol. The number of ether oxygens (including phenoxy) is 3. The van der Waals surface area contributed by atoms with Crippen LogP contribution in [0.25, 0.3) is 0 Å². The highest BCUT2D eigenvalue weighted by atomic mass is 32.2. The van der Waals surface area contributed by atoms with Crippen molar-refractivity contribution in [2.45, 2.75) is 25.7 Å². The first-order valence-corrected chi connectivity index (χ1v) is 14.1. The molecule has 0 radical (unpaired) electrons. The Hall–Kier alpha value is -3.68. The lowest BCUT2D eigenvalue weighted by atomic mass is 10.1. The van der Waals surface area contributed by atoms with Gasteiger partial charge in [0.15, 0.2) is 5.11 Å². The fourth-order valence-electron chi connectivity index (χ4n) is 3.30. The average molecular weight is 578 g/mol. The van der Waals surface area contributed by atoms with Crippen molar-refractivity contribution in [3.63, 3.8) is 0 Å². The molecule has 202 valence electrons. The molecule has 3 N–H and O–H groups in total. The molecule has 0 aliphatic rings. The predicted octanol–water partition coefficient (Wildman–Crippen LogP) is 5.03. The Bertz CT molecular complexity index is 1420. The van der Waals surface area contributed by atoms with Crippen LogP contribution in [0.3, 0.4) is 0 Å². The molecule has 0 spiro atoms. The Morgan fingerprint density at radius 1 is 0.895 bits per heavy atom. The lowest BCUT2D eigenvalue weighted by Gasteiger charge is -2.12. The van der Waals surface area contributed by atoms with Gasteiger partial charge < -0.3 is 24.8 Å². The van der Waals surface area contributed by atoms with E-state index in [4.69, 9.17) is 26.4 Å². The van der Waals surface area contributed by atoms with Crippen LogP contribution in [0.2, 0.25) is 0 Å². The van der Waals surface area contributed by atoms with Crippen LogP contribution < -0.4 is 20.1 Å². The first kappa shape index (κ1) is 28.9. The van der Waals surface area contributed by atoms with Crippen LogP contribution in [-0.2, 0) is 19.5 Å². The van der Waals surface area contributed by atoms with Crippen LogP contribution in [0.15, 0.2) is 53.4 Å². The molecule has 38 heavy (non-hydrogen) atoms. The first-order valence-electron chi connectivity index (χ1n) is 11.4. The fourth-order valence-corrected chi connectivity index (χ4v) is 5.73. The second-order valence-electron chi connectivity index (χ2n) is 7.64. The highest BCUT2D eigenvalue weighted by Crippen LogP contribution is 2.34. The normalized spacial score (nSPS) is 10.8. The van der Waals surface area contributed by atoms with Crippen molar-refractivity contribution in [2.24, 2.45) is 0 Å². The summed E-state index contributed by atoms with van der Waals surface area (Å²) in [7, 11) is -2.30. The number of esters is 2. The van der Waals surface area contributed by atoms with Gasteiger partial charge in [-0.05, 0) is 87.1 Å². The van der Waals surface area contributed by atoms with E-state index in [1.165, 1.54) is 19.2 Å². The summed E-state index contributed by atoms with van der Waals surface area (Å²) in [6.45, 7) is 5.36. The van der Waals surface area contributed by atoms with Gasteiger partial charge in [0.1, 0.15) is 15.6 Å². The van der Waals surface area contributed by atoms with Crippen LogP contribution in [-0.4, -0.2) is 45.8 Å². The molecule has 1 heterocycles. The Morgan fingerprint density at radius 3 is 2.05 bits per heavy atom. The molecule has 0 saturated heterocycles. The van der Waals surface area contributed by atoms with Crippen LogP contribution in [0.5, 0.6) is 5.75 Å². The molecular weight excluding hydrogens is 550 g/mol. The molecule has 0 unspecified atom stereocenters. The van der Waals surface area contributed by atoms with Gasteiger partial charge >= 0.3 is 11.9 Å². The minimum atomic E-state index is -3.82.